The maximum absolute atomic E-state index is 15.4. The third kappa shape index (κ3) is 9.01. The summed E-state index contributed by atoms with van der Waals surface area (Å²) in [5, 5.41) is 21.8. The maximum Gasteiger partial charge on any atom is 0.407 e. The first kappa shape index (κ1) is 39.9. The molecule has 1 amide bonds. The Bertz CT molecular complexity index is 2310. The Labute approximate surface area is 332 Å². The second kappa shape index (κ2) is 16.9. The highest BCUT2D eigenvalue weighted by atomic mass is 127. The molecule has 1 atom stereocenters. The Balaban J connectivity index is 1.53. The second-order valence-corrected chi connectivity index (χ2v) is 17.3. The lowest BCUT2D eigenvalue weighted by Crippen LogP contribution is -2.39. The molecular formula is C36H38IN7O9S2. The van der Waals surface area contributed by atoms with E-state index < -0.39 is 42.0 Å². The Kier molecular flexibility index (Phi) is 12.2. The molecule has 6 rings (SSSR count). The standard InChI is InChI=1S/C36H38IN7O9S2/c1-51-28-10-4-24(5-11-28)20-43(21-25-6-12-29(52-2)13-7-25)55(49,50)34-32(54(47,48)39-27-18-19-42(23-27)36(45)46)17-16-31(37)33(34)35-38-40-41-44(35)22-26-8-14-30(53-3)15-9-26/h4-17,27,39H,18-23H2,1-3H3,(H,45,46)/t27-/m1/s1. The number of hydrogen-bond acceptors (Lipinski definition) is 11. The number of tetrazole rings is 1. The number of hydrogen-bond donors (Lipinski definition) is 2. The third-order valence-corrected chi connectivity index (χ3v) is 13.5. The van der Waals surface area contributed by atoms with Gasteiger partial charge >= 0.3 is 6.09 Å². The van der Waals surface area contributed by atoms with Gasteiger partial charge in [0, 0.05) is 35.8 Å². The van der Waals surface area contributed by atoms with E-state index in [4.69, 9.17) is 14.2 Å². The van der Waals surface area contributed by atoms with Crippen LogP contribution in [0.3, 0.4) is 0 Å². The minimum absolute atomic E-state index is 0.0163. The van der Waals surface area contributed by atoms with Crippen LogP contribution in [0, 0.1) is 3.57 Å². The molecule has 2 N–H and O–H groups in total. The van der Waals surface area contributed by atoms with Crippen LogP contribution in [0.2, 0.25) is 0 Å². The lowest BCUT2D eigenvalue weighted by atomic mass is 10.2. The summed E-state index contributed by atoms with van der Waals surface area (Å²) in [7, 11) is -4.78. The Morgan fingerprint density at radius 3 is 1.85 bits per heavy atom. The van der Waals surface area contributed by atoms with Gasteiger partial charge in [0.1, 0.15) is 27.0 Å². The molecule has 0 radical (unpaired) electrons. The summed E-state index contributed by atoms with van der Waals surface area (Å²) in [4.78, 5) is 11.7. The first-order valence-electron chi connectivity index (χ1n) is 16.8. The molecule has 1 saturated heterocycles. The predicted octanol–water partition coefficient (Wildman–Crippen LogP) is 4.44. The van der Waals surface area contributed by atoms with Gasteiger partial charge in [-0.3, -0.25) is 0 Å². The zero-order chi connectivity index (χ0) is 39.3. The average Bonchev–Trinajstić information content (AvgIpc) is 3.84. The summed E-state index contributed by atoms with van der Waals surface area (Å²) in [6.07, 6.45) is -0.982. The van der Waals surface area contributed by atoms with E-state index in [0.717, 1.165) is 10.5 Å². The van der Waals surface area contributed by atoms with Crippen LogP contribution < -0.4 is 18.9 Å². The number of sulfonamides is 2. The molecule has 290 valence electrons. The van der Waals surface area contributed by atoms with E-state index in [1.165, 1.54) is 35.3 Å². The van der Waals surface area contributed by atoms with Crippen molar-refractivity contribution in [2.45, 2.75) is 41.9 Å². The van der Waals surface area contributed by atoms with Crippen LogP contribution in [0.25, 0.3) is 11.4 Å². The van der Waals surface area contributed by atoms with E-state index in [1.54, 1.807) is 67.8 Å². The molecule has 5 aromatic rings. The second-order valence-electron chi connectivity index (χ2n) is 12.6. The normalized spacial score (nSPS) is 14.6. The lowest BCUT2D eigenvalue weighted by Gasteiger charge is -2.26. The first-order valence-corrected chi connectivity index (χ1v) is 20.8. The Morgan fingerprint density at radius 2 is 1.36 bits per heavy atom. The summed E-state index contributed by atoms with van der Waals surface area (Å²) in [6, 6.07) is 22.8. The number of benzene rings is 4. The molecule has 1 fully saturated rings. The van der Waals surface area contributed by atoms with Gasteiger partial charge in [-0.1, -0.05) is 36.4 Å². The highest BCUT2D eigenvalue weighted by Gasteiger charge is 2.39. The molecule has 1 aliphatic rings. The molecule has 2 heterocycles. The van der Waals surface area contributed by atoms with Crippen LogP contribution in [0.5, 0.6) is 17.2 Å². The molecule has 19 heteroatoms. The topological polar surface area (TPSA) is 195 Å². The van der Waals surface area contributed by atoms with Crippen molar-refractivity contribution >= 4 is 48.7 Å². The Morgan fingerprint density at radius 1 is 0.836 bits per heavy atom. The van der Waals surface area contributed by atoms with E-state index in [2.05, 4.69) is 20.2 Å². The summed E-state index contributed by atoms with van der Waals surface area (Å²) in [6.45, 7) is -0.170. The molecule has 4 aromatic carbocycles. The number of carboxylic acid groups (broad SMARTS) is 1. The van der Waals surface area contributed by atoms with Gasteiger partial charge < -0.3 is 24.2 Å². The number of carbonyl (C=O) groups is 1. The number of nitrogens with one attached hydrogen (secondary N) is 1. The lowest BCUT2D eigenvalue weighted by molar-refractivity contribution is 0.155. The van der Waals surface area contributed by atoms with Crippen LogP contribution in [0.1, 0.15) is 23.1 Å². The van der Waals surface area contributed by atoms with Gasteiger partial charge in [-0.2, -0.15) is 4.31 Å². The summed E-state index contributed by atoms with van der Waals surface area (Å²) in [5.74, 6) is 1.80. The predicted molar refractivity (Wildman–Crippen MR) is 209 cm³/mol. The van der Waals surface area contributed by atoms with Gasteiger partial charge in [0.25, 0.3) is 0 Å². The molecule has 0 unspecified atom stereocenters. The van der Waals surface area contributed by atoms with Crippen molar-refractivity contribution in [3.8, 4) is 28.6 Å². The van der Waals surface area contributed by atoms with Crippen LogP contribution in [0.4, 0.5) is 4.79 Å². The van der Waals surface area contributed by atoms with Crippen molar-refractivity contribution in [1.82, 2.24) is 34.1 Å². The van der Waals surface area contributed by atoms with Gasteiger partial charge in [-0.15, -0.1) is 5.10 Å². The third-order valence-electron chi connectivity index (χ3n) is 9.02. The van der Waals surface area contributed by atoms with E-state index in [1.807, 2.05) is 34.7 Å². The van der Waals surface area contributed by atoms with Crippen LogP contribution in [0.15, 0.2) is 94.7 Å². The molecule has 1 aromatic heterocycles. The number of halogens is 1. The van der Waals surface area contributed by atoms with Crippen LogP contribution in [-0.4, -0.2) is 97.9 Å². The monoisotopic (exact) mass is 903 g/mol. The van der Waals surface area contributed by atoms with Crippen molar-refractivity contribution < 1.29 is 40.9 Å². The van der Waals surface area contributed by atoms with Crippen LogP contribution in [-0.2, 0) is 39.7 Å². The van der Waals surface area contributed by atoms with Crippen molar-refractivity contribution in [1.29, 1.82) is 0 Å². The fourth-order valence-electron chi connectivity index (χ4n) is 6.15. The number of likely N-dealkylation sites (tertiary alicyclic amines) is 1. The molecular weight excluding hydrogens is 865 g/mol. The highest BCUT2D eigenvalue weighted by Crippen LogP contribution is 2.39. The van der Waals surface area contributed by atoms with Gasteiger partial charge in [-0.25, -0.2) is 31.0 Å². The fourth-order valence-corrected chi connectivity index (χ4v) is 10.7. The molecule has 1 aliphatic heterocycles. The summed E-state index contributed by atoms with van der Waals surface area (Å²) >= 11 is 1.95. The zero-order valence-electron chi connectivity index (χ0n) is 30.0. The number of methoxy groups -OCH3 is 3. The maximum atomic E-state index is 15.4. The van der Waals surface area contributed by atoms with Gasteiger partial charge in [0.2, 0.25) is 20.0 Å². The average molecular weight is 904 g/mol. The SMILES string of the molecule is COc1ccc(CN(Cc2ccc(OC)cc2)S(=O)(=O)c2c(S(=O)(=O)N[C@@H]3CCN(C(=O)O)C3)ccc(I)c2-c2nnnn2Cc2ccc(OC)cc2)cc1. The van der Waals surface area contributed by atoms with Gasteiger partial charge in [0.15, 0.2) is 5.82 Å². The van der Waals surface area contributed by atoms with E-state index >= 15 is 8.42 Å². The molecule has 0 bridgehead atoms. The van der Waals surface area contributed by atoms with Crippen molar-refractivity contribution in [2.24, 2.45) is 0 Å². The minimum atomic E-state index is -4.76. The molecule has 0 spiro atoms. The number of rotatable bonds is 15. The summed E-state index contributed by atoms with van der Waals surface area (Å²) < 4.78 is 81.2. The van der Waals surface area contributed by atoms with Crippen molar-refractivity contribution in [3.63, 3.8) is 0 Å². The zero-order valence-corrected chi connectivity index (χ0v) is 33.8. The molecule has 55 heavy (non-hydrogen) atoms. The molecule has 0 saturated carbocycles. The first-order chi connectivity index (χ1) is 26.3. The van der Waals surface area contributed by atoms with E-state index in [9.17, 15) is 18.3 Å². The van der Waals surface area contributed by atoms with E-state index in [-0.39, 0.29) is 50.5 Å². The Hall–Kier alpha value is -4.83. The number of amides is 1. The number of aromatic nitrogens is 4. The molecule has 16 nitrogen and oxygen atoms in total. The largest absolute Gasteiger partial charge is 0.497 e. The fraction of sp³-hybridized carbons (Fsp3) is 0.278. The smallest absolute Gasteiger partial charge is 0.407 e. The van der Waals surface area contributed by atoms with Crippen molar-refractivity contribution in [3.05, 3.63) is 105 Å². The van der Waals surface area contributed by atoms with Crippen molar-refractivity contribution in [2.75, 3.05) is 34.4 Å². The van der Waals surface area contributed by atoms with Crippen LogP contribution >= 0.6 is 22.6 Å². The highest BCUT2D eigenvalue weighted by molar-refractivity contribution is 14.1. The van der Waals surface area contributed by atoms with E-state index in [0.29, 0.717) is 31.9 Å². The minimum Gasteiger partial charge on any atom is -0.497 e. The summed E-state index contributed by atoms with van der Waals surface area (Å²) in [5.41, 5.74) is 1.97. The number of ether oxygens (including phenoxy) is 3. The quantitative estimate of drug-likeness (QED) is 0.141. The van der Waals surface area contributed by atoms with Gasteiger partial charge in [-0.05, 0) is 105 Å². The molecule has 0 aliphatic carbocycles. The van der Waals surface area contributed by atoms with Gasteiger partial charge in [0.05, 0.1) is 33.4 Å². The number of nitrogens with zero attached hydrogens (tertiary/aromatic N) is 6.